The van der Waals surface area contributed by atoms with E-state index in [9.17, 15) is 0 Å². The summed E-state index contributed by atoms with van der Waals surface area (Å²) in [5.41, 5.74) is 6.69. The van der Waals surface area contributed by atoms with E-state index in [2.05, 4.69) is 6.07 Å². The maximum atomic E-state index is 5.86. The van der Waals surface area contributed by atoms with Crippen LogP contribution in [0.15, 0.2) is 24.3 Å². The van der Waals surface area contributed by atoms with Crippen LogP contribution in [0.5, 0.6) is 0 Å². The molecule has 0 saturated heterocycles. The lowest BCUT2D eigenvalue weighted by molar-refractivity contribution is 1.12. The fourth-order valence-electron chi connectivity index (χ4n) is 1.07. The van der Waals surface area contributed by atoms with E-state index in [0.717, 1.165) is 29.5 Å². The monoisotopic (exact) mass is 215 g/mol. The lowest BCUT2D eigenvalue weighted by Crippen LogP contribution is -2.02. The number of benzene rings is 1. The number of halogens is 1. The number of nitrogens with two attached hydrogens (primary N) is 1. The number of hydrogen-bond acceptors (Lipinski definition) is 2. The summed E-state index contributed by atoms with van der Waals surface area (Å²) in [7, 11) is 0. The van der Waals surface area contributed by atoms with Crippen LogP contribution < -0.4 is 5.73 Å². The molecule has 0 atom stereocenters. The predicted molar refractivity (Wildman–Crippen MR) is 61.5 cm³/mol. The molecule has 1 aromatic carbocycles. The SMILES string of the molecule is NCCSCCc1cccc(Cl)c1. The first-order valence-electron chi connectivity index (χ1n) is 4.35. The van der Waals surface area contributed by atoms with Gasteiger partial charge in [0.05, 0.1) is 0 Å². The van der Waals surface area contributed by atoms with Crippen molar-refractivity contribution in [3.8, 4) is 0 Å². The van der Waals surface area contributed by atoms with Crippen molar-refractivity contribution in [2.75, 3.05) is 18.1 Å². The Kier molecular flexibility index (Phi) is 5.28. The van der Waals surface area contributed by atoms with Gasteiger partial charge in [-0.05, 0) is 29.9 Å². The van der Waals surface area contributed by atoms with Crippen molar-refractivity contribution in [2.45, 2.75) is 6.42 Å². The van der Waals surface area contributed by atoms with Gasteiger partial charge >= 0.3 is 0 Å². The van der Waals surface area contributed by atoms with Crippen molar-refractivity contribution in [1.29, 1.82) is 0 Å². The first-order valence-corrected chi connectivity index (χ1v) is 5.88. The van der Waals surface area contributed by atoms with E-state index in [1.807, 2.05) is 30.0 Å². The summed E-state index contributed by atoms with van der Waals surface area (Å²) >= 11 is 7.74. The van der Waals surface area contributed by atoms with Gasteiger partial charge in [-0.2, -0.15) is 11.8 Å². The minimum Gasteiger partial charge on any atom is -0.330 e. The van der Waals surface area contributed by atoms with Crippen LogP contribution in [0, 0.1) is 0 Å². The zero-order chi connectivity index (χ0) is 9.52. The molecule has 0 fully saturated rings. The third-order valence-electron chi connectivity index (χ3n) is 1.69. The Bertz CT molecular complexity index is 252. The Labute approximate surface area is 88.7 Å². The third kappa shape index (κ3) is 4.55. The summed E-state index contributed by atoms with van der Waals surface area (Å²) in [6.07, 6.45) is 1.07. The summed E-state index contributed by atoms with van der Waals surface area (Å²) in [4.78, 5) is 0. The lowest BCUT2D eigenvalue weighted by atomic mass is 10.2. The van der Waals surface area contributed by atoms with Gasteiger partial charge in [0, 0.05) is 17.3 Å². The zero-order valence-electron chi connectivity index (χ0n) is 7.50. The van der Waals surface area contributed by atoms with E-state index < -0.39 is 0 Å². The molecule has 0 amide bonds. The van der Waals surface area contributed by atoms with Crippen LogP contribution in [-0.2, 0) is 6.42 Å². The van der Waals surface area contributed by atoms with Crippen LogP contribution in [0.3, 0.4) is 0 Å². The van der Waals surface area contributed by atoms with E-state index in [1.165, 1.54) is 5.56 Å². The number of thioether (sulfide) groups is 1. The van der Waals surface area contributed by atoms with Crippen molar-refractivity contribution in [3.05, 3.63) is 34.9 Å². The van der Waals surface area contributed by atoms with Crippen LogP contribution in [0.25, 0.3) is 0 Å². The molecule has 3 heteroatoms. The van der Waals surface area contributed by atoms with Crippen LogP contribution in [0.2, 0.25) is 5.02 Å². The molecule has 0 aliphatic heterocycles. The van der Waals surface area contributed by atoms with Crippen LogP contribution in [0.4, 0.5) is 0 Å². The zero-order valence-corrected chi connectivity index (χ0v) is 9.07. The molecule has 0 saturated carbocycles. The summed E-state index contributed by atoms with van der Waals surface area (Å²) in [5, 5.41) is 0.821. The second kappa shape index (κ2) is 6.30. The van der Waals surface area contributed by atoms with E-state index in [0.29, 0.717) is 0 Å². The van der Waals surface area contributed by atoms with Crippen molar-refractivity contribution in [1.82, 2.24) is 0 Å². The van der Waals surface area contributed by atoms with Gasteiger partial charge in [0.25, 0.3) is 0 Å². The largest absolute Gasteiger partial charge is 0.330 e. The molecule has 72 valence electrons. The van der Waals surface area contributed by atoms with Gasteiger partial charge in [-0.3, -0.25) is 0 Å². The van der Waals surface area contributed by atoms with Gasteiger partial charge in [0.15, 0.2) is 0 Å². The summed E-state index contributed by atoms with van der Waals surface area (Å²) in [5.74, 6) is 2.16. The van der Waals surface area contributed by atoms with Gasteiger partial charge in [-0.25, -0.2) is 0 Å². The van der Waals surface area contributed by atoms with Crippen molar-refractivity contribution >= 4 is 23.4 Å². The third-order valence-corrected chi connectivity index (χ3v) is 2.94. The smallest absolute Gasteiger partial charge is 0.0408 e. The fourth-order valence-corrected chi connectivity index (χ4v) is 2.03. The first-order chi connectivity index (χ1) is 6.33. The molecular weight excluding hydrogens is 202 g/mol. The Morgan fingerprint density at radius 2 is 2.15 bits per heavy atom. The highest BCUT2D eigenvalue weighted by Crippen LogP contribution is 2.12. The van der Waals surface area contributed by atoms with Crippen LogP contribution in [-0.4, -0.2) is 18.1 Å². The standard InChI is InChI=1S/C10H14ClNS/c11-10-3-1-2-9(8-10)4-6-13-7-5-12/h1-3,8H,4-7,12H2. The van der Waals surface area contributed by atoms with Crippen molar-refractivity contribution in [2.24, 2.45) is 5.73 Å². The van der Waals surface area contributed by atoms with E-state index in [1.54, 1.807) is 0 Å². The molecule has 0 spiro atoms. The number of hydrogen-bond donors (Lipinski definition) is 1. The second-order valence-electron chi connectivity index (χ2n) is 2.78. The van der Waals surface area contributed by atoms with Gasteiger partial charge in [-0.1, -0.05) is 23.7 Å². The summed E-state index contributed by atoms with van der Waals surface area (Å²) < 4.78 is 0. The number of aryl methyl sites for hydroxylation is 1. The Morgan fingerprint density at radius 3 is 2.85 bits per heavy atom. The summed E-state index contributed by atoms with van der Waals surface area (Å²) in [6.45, 7) is 0.764. The second-order valence-corrected chi connectivity index (χ2v) is 4.44. The van der Waals surface area contributed by atoms with Gasteiger partial charge in [-0.15, -0.1) is 0 Å². The highest BCUT2D eigenvalue weighted by Gasteiger charge is 1.94. The highest BCUT2D eigenvalue weighted by atomic mass is 35.5. The minimum absolute atomic E-state index is 0.764. The molecule has 1 nitrogen and oxygen atoms in total. The lowest BCUT2D eigenvalue weighted by Gasteiger charge is -2.01. The molecule has 0 heterocycles. The minimum atomic E-state index is 0.764. The molecule has 0 aromatic heterocycles. The predicted octanol–water partition coefficient (Wildman–Crippen LogP) is 2.57. The van der Waals surface area contributed by atoms with Gasteiger partial charge < -0.3 is 5.73 Å². The molecule has 0 radical (unpaired) electrons. The molecule has 13 heavy (non-hydrogen) atoms. The van der Waals surface area contributed by atoms with Crippen LogP contribution in [0.1, 0.15) is 5.56 Å². The Balaban J connectivity index is 2.28. The van der Waals surface area contributed by atoms with Gasteiger partial charge in [0.2, 0.25) is 0 Å². The van der Waals surface area contributed by atoms with Crippen LogP contribution >= 0.6 is 23.4 Å². The Hall–Kier alpha value is -0.180. The van der Waals surface area contributed by atoms with Gasteiger partial charge in [0.1, 0.15) is 0 Å². The van der Waals surface area contributed by atoms with E-state index in [4.69, 9.17) is 17.3 Å². The topological polar surface area (TPSA) is 26.0 Å². The molecule has 0 bridgehead atoms. The maximum absolute atomic E-state index is 5.86. The average molecular weight is 216 g/mol. The molecule has 1 aromatic rings. The fraction of sp³-hybridized carbons (Fsp3) is 0.400. The average Bonchev–Trinajstić information content (AvgIpc) is 2.13. The Morgan fingerprint density at radius 1 is 1.31 bits per heavy atom. The first kappa shape index (κ1) is 10.9. The molecule has 0 aliphatic carbocycles. The molecule has 1 rings (SSSR count). The summed E-state index contributed by atoms with van der Waals surface area (Å²) in [6, 6.07) is 8.02. The normalized spacial score (nSPS) is 10.3. The molecular formula is C10H14ClNS. The molecule has 0 unspecified atom stereocenters. The molecule has 2 N–H and O–H groups in total. The maximum Gasteiger partial charge on any atom is 0.0408 e. The highest BCUT2D eigenvalue weighted by molar-refractivity contribution is 7.99. The number of rotatable bonds is 5. The van der Waals surface area contributed by atoms with Crippen molar-refractivity contribution < 1.29 is 0 Å². The quantitative estimate of drug-likeness (QED) is 0.765. The van der Waals surface area contributed by atoms with E-state index in [-0.39, 0.29) is 0 Å². The van der Waals surface area contributed by atoms with Crippen molar-refractivity contribution in [3.63, 3.8) is 0 Å². The van der Waals surface area contributed by atoms with E-state index >= 15 is 0 Å². The molecule has 0 aliphatic rings.